The Balaban J connectivity index is 1.66. The van der Waals surface area contributed by atoms with E-state index in [4.69, 9.17) is 5.11 Å². The minimum atomic E-state index is -0.786. The molecule has 0 bridgehead atoms. The van der Waals surface area contributed by atoms with Gasteiger partial charge in [-0.15, -0.1) is 0 Å². The zero-order valence-electron chi connectivity index (χ0n) is 11.6. The molecule has 5 heteroatoms. The number of aliphatic carboxylic acids is 1. The molecule has 2 atom stereocenters. The Morgan fingerprint density at radius 1 is 1.19 bits per heavy atom. The summed E-state index contributed by atoms with van der Waals surface area (Å²) < 4.78 is 13.0. The highest BCUT2D eigenvalue weighted by atomic mass is 19.1. The summed E-state index contributed by atoms with van der Waals surface area (Å²) >= 11 is 0. The van der Waals surface area contributed by atoms with Gasteiger partial charge in [0.15, 0.2) is 0 Å². The average Bonchev–Trinajstić information content (AvgIpc) is 3.13. The van der Waals surface area contributed by atoms with E-state index in [1.165, 1.54) is 12.1 Å². The van der Waals surface area contributed by atoms with Crippen LogP contribution in [0.5, 0.6) is 0 Å². The van der Waals surface area contributed by atoms with Crippen LogP contribution in [0.1, 0.15) is 37.7 Å². The molecular formula is C16H18FNO3. The second-order valence-corrected chi connectivity index (χ2v) is 6.11. The Morgan fingerprint density at radius 3 is 2.38 bits per heavy atom. The lowest BCUT2D eigenvalue weighted by Crippen LogP contribution is -2.40. The van der Waals surface area contributed by atoms with E-state index in [-0.39, 0.29) is 23.7 Å². The quantitative estimate of drug-likeness (QED) is 0.894. The van der Waals surface area contributed by atoms with E-state index in [0.717, 1.165) is 18.4 Å². The summed E-state index contributed by atoms with van der Waals surface area (Å²) in [5.74, 6) is -1.50. The van der Waals surface area contributed by atoms with Crippen molar-refractivity contribution < 1.29 is 19.1 Å². The number of amides is 1. The average molecular weight is 291 g/mol. The van der Waals surface area contributed by atoms with E-state index in [1.54, 1.807) is 12.1 Å². The molecule has 0 heterocycles. The van der Waals surface area contributed by atoms with Crippen molar-refractivity contribution in [2.24, 2.45) is 5.92 Å². The van der Waals surface area contributed by atoms with E-state index >= 15 is 0 Å². The van der Waals surface area contributed by atoms with Gasteiger partial charge in [-0.1, -0.05) is 12.1 Å². The summed E-state index contributed by atoms with van der Waals surface area (Å²) in [6, 6.07) is 6.02. The molecule has 1 aromatic carbocycles. The van der Waals surface area contributed by atoms with E-state index in [2.05, 4.69) is 5.32 Å². The van der Waals surface area contributed by atoms with Crippen LogP contribution in [0, 0.1) is 11.7 Å². The smallest absolute Gasteiger partial charge is 0.306 e. The predicted octanol–water partition coefficient (Wildman–Crippen LogP) is 2.23. The van der Waals surface area contributed by atoms with Gasteiger partial charge in [0, 0.05) is 6.04 Å². The molecule has 2 N–H and O–H groups in total. The Bertz CT molecular complexity index is 565. The van der Waals surface area contributed by atoms with Crippen LogP contribution < -0.4 is 5.32 Å². The second-order valence-electron chi connectivity index (χ2n) is 6.11. The first-order chi connectivity index (χ1) is 10.0. The highest BCUT2D eigenvalue weighted by molar-refractivity contribution is 5.91. The number of carbonyl (C=O) groups excluding carboxylic acids is 1. The molecule has 0 saturated heterocycles. The zero-order valence-corrected chi connectivity index (χ0v) is 11.6. The maximum Gasteiger partial charge on any atom is 0.306 e. The summed E-state index contributed by atoms with van der Waals surface area (Å²) in [5, 5.41) is 12.0. The van der Waals surface area contributed by atoms with E-state index < -0.39 is 11.4 Å². The van der Waals surface area contributed by atoms with E-state index in [9.17, 15) is 14.0 Å². The zero-order chi connectivity index (χ0) is 15.0. The fourth-order valence-electron chi connectivity index (χ4n) is 3.20. The van der Waals surface area contributed by atoms with Crippen molar-refractivity contribution in [2.45, 2.75) is 43.6 Å². The third kappa shape index (κ3) is 2.64. The van der Waals surface area contributed by atoms with E-state index in [0.29, 0.717) is 19.3 Å². The molecule has 1 aromatic rings. The van der Waals surface area contributed by atoms with Gasteiger partial charge in [0.25, 0.3) is 0 Å². The van der Waals surface area contributed by atoms with Crippen molar-refractivity contribution in [3.8, 4) is 0 Å². The summed E-state index contributed by atoms with van der Waals surface area (Å²) in [7, 11) is 0. The van der Waals surface area contributed by atoms with Crippen LogP contribution >= 0.6 is 0 Å². The molecule has 112 valence electrons. The Labute approximate surface area is 122 Å². The molecule has 3 rings (SSSR count). The molecule has 0 radical (unpaired) electrons. The fraction of sp³-hybridized carbons (Fsp3) is 0.500. The monoisotopic (exact) mass is 291 g/mol. The molecule has 2 fully saturated rings. The normalized spacial score (nSPS) is 26.3. The Hall–Kier alpha value is -1.91. The standard InChI is InChI=1S/C16H18FNO3/c17-12-4-2-11(3-5-12)16(7-8-16)15(21)18-13-6-1-10(9-13)14(19)20/h2-5,10,13H,1,6-9H2,(H,18,21)(H,19,20)/t10-,13+/m0/s1. The van der Waals surface area contributed by atoms with Gasteiger partial charge in [-0.3, -0.25) is 9.59 Å². The number of carbonyl (C=O) groups is 2. The van der Waals surface area contributed by atoms with Gasteiger partial charge in [-0.05, 0) is 49.8 Å². The summed E-state index contributed by atoms with van der Waals surface area (Å²) in [6.07, 6.45) is 3.35. The van der Waals surface area contributed by atoms with Crippen molar-refractivity contribution in [1.82, 2.24) is 5.32 Å². The van der Waals surface area contributed by atoms with Crippen LogP contribution in [0.3, 0.4) is 0 Å². The molecule has 4 nitrogen and oxygen atoms in total. The fourth-order valence-corrected chi connectivity index (χ4v) is 3.20. The van der Waals surface area contributed by atoms with Crippen LogP contribution in [0.4, 0.5) is 4.39 Å². The van der Waals surface area contributed by atoms with Crippen molar-refractivity contribution in [3.05, 3.63) is 35.6 Å². The maximum absolute atomic E-state index is 13.0. The van der Waals surface area contributed by atoms with Gasteiger partial charge < -0.3 is 10.4 Å². The van der Waals surface area contributed by atoms with Crippen LogP contribution in [-0.2, 0) is 15.0 Å². The van der Waals surface area contributed by atoms with Gasteiger partial charge in [0.05, 0.1) is 11.3 Å². The first-order valence-electron chi connectivity index (χ1n) is 7.31. The Morgan fingerprint density at radius 2 is 1.86 bits per heavy atom. The molecule has 21 heavy (non-hydrogen) atoms. The molecule has 0 aliphatic heterocycles. The number of nitrogens with one attached hydrogen (secondary N) is 1. The van der Waals surface area contributed by atoms with Crippen molar-refractivity contribution >= 4 is 11.9 Å². The minimum Gasteiger partial charge on any atom is -0.481 e. The summed E-state index contributed by atoms with van der Waals surface area (Å²) in [4.78, 5) is 23.4. The van der Waals surface area contributed by atoms with Gasteiger partial charge in [0.2, 0.25) is 5.91 Å². The molecule has 1 amide bonds. The first-order valence-corrected chi connectivity index (χ1v) is 7.31. The van der Waals surface area contributed by atoms with Gasteiger partial charge in [-0.2, -0.15) is 0 Å². The molecule has 0 spiro atoms. The summed E-state index contributed by atoms with van der Waals surface area (Å²) in [6.45, 7) is 0. The topological polar surface area (TPSA) is 66.4 Å². The largest absolute Gasteiger partial charge is 0.481 e. The SMILES string of the molecule is O=C(O)[C@H]1CC[C@@H](NC(=O)C2(c3ccc(F)cc3)CC2)C1. The van der Waals surface area contributed by atoms with Gasteiger partial charge in [0.1, 0.15) is 5.82 Å². The lowest BCUT2D eigenvalue weighted by atomic mass is 9.94. The Kier molecular flexibility index (Phi) is 3.43. The van der Waals surface area contributed by atoms with Gasteiger partial charge in [-0.25, -0.2) is 4.39 Å². The molecule has 0 unspecified atom stereocenters. The van der Waals surface area contributed by atoms with E-state index in [1.807, 2.05) is 0 Å². The summed E-state index contributed by atoms with van der Waals surface area (Å²) in [5.41, 5.74) is 0.309. The van der Waals surface area contributed by atoms with Crippen LogP contribution in [-0.4, -0.2) is 23.0 Å². The molecular weight excluding hydrogens is 273 g/mol. The number of benzene rings is 1. The van der Waals surface area contributed by atoms with Crippen LogP contribution in [0.2, 0.25) is 0 Å². The third-order valence-electron chi connectivity index (χ3n) is 4.70. The second kappa shape index (κ2) is 5.13. The van der Waals surface area contributed by atoms with Crippen molar-refractivity contribution in [2.75, 3.05) is 0 Å². The number of hydrogen-bond donors (Lipinski definition) is 2. The minimum absolute atomic E-state index is 0.0508. The lowest BCUT2D eigenvalue weighted by Gasteiger charge is -2.19. The maximum atomic E-state index is 13.0. The van der Waals surface area contributed by atoms with Gasteiger partial charge >= 0.3 is 5.97 Å². The number of carboxylic acid groups (broad SMARTS) is 1. The molecule has 2 aliphatic rings. The predicted molar refractivity (Wildman–Crippen MR) is 74.2 cm³/mol. The van der Waals surface area contributed by atoms with Crippen molar-refractivity contribution in [1.29, 1.82) is 0 Å². The number of rotatable bonds is 4. The number of carboxylic acids is 1. The molecule has 2 aliphatic carbocycles. The lowest BCUT2D eigenvalue weighted by molar-refractivity contribution is -0.141. The highest BCUT2D eigenvalue weighted by Crippen LogP contribution is 2.48. The number of halogens is 1. The van der Waals surface area contributed by atoms with Crippen LogP contribution in [0.15, 0.2) is 24.3 Å². The van der Waals surface area contributed by atoms with Crippen molar-refractivity contribution in [3.63, 3.8) is 0 Å². The third-order valence-corrected chi connectivity index (χ3v) is 4.70. The van der Waals surface area contributed by atoms with Crippen LogP contribution in [0.25, 0.3) is 0 Å². The molecule has 0 aromatic heterocycles. The molecule has 2 saturated carbocycles. The highest BCUT2D eigenvalue weighted by Gasteiger charge is 2.51. The number of hydrogen-bond acceptors (Lipinski definition) is 2. The first kappa shape index (κ1) is 14.0.